The van der Waals surface area contributed by atoms with Crippen molar-refractivity contribution in [3.8, 4) is 0 Å². The summed E-state index contributed by atoms with van der Waals surface area (Å²) in [5, 5.41) is 4.57. The van der Waals surface area contributed by atoms with Crippen LogP contribution in [-0.2, 0) is 0 Å². The minimum Gasteiger partial charge on any atom is -0.233 e. The van der Waals surface area contributed by atoms with Gasteiger partial charge in [-0.05, 0) is 13.0 Å². The van der Waals surface area contributed by atoms with Gasteiger partial charge < -0.3 is 0 Å². The first-order chi connectivity index (χ1) is 6.27. The molecule has 0 amide bonds. The van der Waals surface area contributed by atoms with Gasteiger partial charge in [-0.1, -0.05) is 25.4 Å². The first-order valence-electron chi connectivity index (χ1n) is 4.24. The summed E-state index contributed by atoms with van der Waals surface area (Å²) in [6.07, 6.45) is 3.42. The molecule has 0 spiro atoms. The second-order valence-electron chi connectivity index (χ2n) is 2.33. The molecule has 3 nitrogen and oxygen atoms in total. The van der Waals surface area contributed by atoms with Crippen LogP contribution in [0.1, 0.15) is 19.5 Å². The Morgan fingerprint density at radius 3 is 2.77 bits per heavy atom. The highest BCUT2D eigenvalue weighted by atomic mass is 35.5. The van der Waals surface area contributed by atoms with E-state index >= 15 is 0 Å². The molecule has 2 aromatic rings. The Morgan fingerprint density at radius 2 is 2.08 bits per heavy atom. The van der Waals surface area contributed by atoms with Gasteiger partial charge in [0.15, 0.2) is 5.65 Å². The third-order valence-corrected chi connectivity index (χ3v) is 1.73. The molecule has 0 aliphatic carbocycles. The van der Waals surface area contributed by atoms with Crippen LogP contribution in [0, 0.1) is 6.92 Å². The van der Waals surface area contributed by atoms with Crippen molar-refractivity contribution in [1.29, 1.82) is 0 Å². The highest BCUT2D eigenvalue weighted by Gasteiger charge is 2.00. The second-order valence-corrected chi connectivity index (χ2v) is 2.74. The van der Waals surface area contributed by atoms with E-state index in [-0.39, 0.29) is 0 Å². The van der Waals surface area contributed by atoms with Gasteiger partial charge in [-0.25, -0.2) is 9.50 Å². The predicted octanol–water partition coefficient (Wildman–Crippen LogP) is 2.72. The summed E-state index contributed by atoms with van der Waals surface area (Å²) in [5.74, 6) is 0. The first kappa shape index (κ1) is 9.99. The normalized spacial score (nSPS) is 9.54. The van der Waals surface area contributed by atoms with Gasteiger partial charge in [-0.2, -0.15) is 5.10 Å². The Balaban J connectivity index is 0.000000396. The highest BCUT2D eigenvalue weighted by Crippen LogP contribution is 2.13. The van der Waals surface area contributed by atoms with Crippen LogP contribution in [-0.4, -0.2) is 14.6 Å². The smallest absolute Gasteiger partial charge is 0.173 e. The van der Waals surface area contributed by atoms with Crippen molar-refractivity contribution in [3.63, 3.8) is 0 Å². The van der Waals surface area contributed by atoms with E-state index in [0.717, 1.165) is 5.69 Å². The Kier molecular flexibility index (Phi) is 3.25. The van der Waals surface area contributed by atoms with E-state index in [4.69, 9.17) is 11.6 Å². The van der Waals surface area contributed by atoms with Crippen LogP contribution in [0.15, 0.2) is 18.5 Å². The van der Waals surface area contributed by atoms with Gasteiger partial charge in [0, 0.05) is 11.9 Å². The van der Waals surface area contributed by atoms with Crippen LogP contribution in [0.3, 0.4) is 0 Å². The molecule has 2 aromatic heterocycles. The predicted molar refractivity (Wildman–Crippen MR) is 54.1 cm³/mol. The van der Waals surface area contributed by atoms with Crippen LogP contribution in [0.2, 0.25) is 5.02 Å². The molecule has 0 N–H and O–H groups in total. The van der Waals surface area contributed by atoms with Gasteiger partial charge in [-0.15, -0.1) is 0 Å². The third kappa shape index (κ3) is 1.98. The summed E-state index contributed by atoms with van der Waals surface area (Å²) in [6, 6.07) is 1.89. The van der Waals surface area contributed by atoms with Crippen LogP contribution in [0.4, 0.5) is 0 Å². The lowest BCUT2D eigenvalue weighted by atomic mass is 10.4. The minimum absolute atomic E-state index is 0.591. The number of hydrogen-bond donors (Lipinski definition) is 0. The van der Waals surface area contributed by atoms with Gasteiger partial charge in [0.1, 0.15) is 5.02 Å². The summed E-state index contributed by atoms with van der Waals surface area (Å²) >= 11 is 5.80. The number of fused-ring (bicyclic) bond motifs is 1. The van der Waals surface area contributed by atoms with Crippen molar-refractivity contribution in [2.24, 2.45) is 0 Å². The topological polar surface area (TPSA) is 30.2 Å². The van der Waals surface area contributed by atoms with Crippen LogP contribution < -0.4 is 0 Å². The molecular formula is C9H12ClN3. The Morgan fingerprint density at radius 1 is 1.38 bits per heavy atom. The number of aryl methyl sites for hydroxylation is 1. The molecule has 0 aromatic carbocycles. The zero-order valence-corrected chi connectivity index (χ0v) is 8.71. The lowest BCUT2D eigenvalue weighted by molar-refractivity contribution is 0.929. The van der Waals surface area contributed by atoms with Crippen LogP contribution >= 0.6 is 11.6 Å². The Hall–Kier alpha value is -1.09. The standard InChI is InChI=1S/C7H6ClN3.C2H6/c1-5-2-3-11-7(10-5)6(8)4-9-11;1-2/h2-4H,1H3;1-2H3. The molecule has 0 radical (unpaired) electrons. The zero-order valence-electron chi connectivity index (χ0n) is 7.95. The summed E-state index contributed by atoms with van der Waals surface area (Å²) < 4.78 is 1.65. The van der Waals surface area contributed by atoms with Gasteiger partial charge in [0.2, 0.25) is 0 Å². The minimum atomic E-state index is 0.591. The molecule has 0 bridgehead atoms. The SMILES string of the molecule is CC.Cc1ccn2ncc(Cl)c2n1. The van der Waals surface area contributed by atoms with E-state index in [0.29, 0.717) is 10.7 Å². The molecule has 0 aliphatic heterocycles. The largest absolute Gasteiger partial charge is 0.233 e. The lowest BCUT2D eigenvalue weighted by Gasteiger charge is -1.92. The van der Waals surface area contributed by atoms with E-state index in [1.165, 1.54) is 0 Å². The lowest BCUT2D eigenvalue weighted by Crippen LogP contribution is -1.90. The van der Waals surface area contributed by atoms with Crippen LogP contribution in [0.5, 0.6) is 0 Å². The van der Waals surface area contributed by atoms with Gasteiger partial charge >= 0.3 is 0 Å². The summed E-state index contributed by atoms with van der Waals surface area (Å²) in [6.45, 7) is 5.92. The zero-order chi connectivity index (χ0) is 9.84. The van der Waals surface area contributed by atoms with E-state index < -0.39 is 0 Å². The number of hydrogen-bond acceptors (Lipinski definition) is 2. The summed E-state index contributed by atoms with van der Waals surface area (Å²) in [5.41, 5.74) is 1.66. The molecule has 2 rings (SSSR count). The van der Waals surface area contributed by atoms with Crippen molar-refractivity contribution in [2.45, 2.75) is 20.8 Å². The number of halogens is 1. The molecule has 70 valence electrons. The molecule has 0 unspecified atom stereocenters. The average molecular weight is 198 g/mol. The van der Waals surface area contributed by atoms with Crippen molar-refractivity contribution in [3.05, 3.63) is 29.2 Å². The maximum Gasteiger partial charge on any atom is 0.173 e. The average Bonchev–Trinajstić information content (AvgIpc) is 2.52. The summed E-state index contributed by atoms with van der Waals surface area (Å²) in [7, 11) is 0. The van der Waals surface area contributed by atoms with Crippen LogP contribution in [0.25, 0.3) is 5.65 Å². The summed E-state index contributed by atoms with van der Waals surface area (Å²) in [4.78, 5) is 4.20. The maximum absolute atomic E-state index is 5.80. The quantitative estimate of drug-likeness (QED) is 0.650. The molecule has 13 heavy (non-hydrogen) atoms. The molecule has 0 saturated carbocycles. The van der Waals surface area contributed by atoms with Crippen molar-refractivity contribution in [1.82, 2.24) is 14.6 Å². The first-order valence-corrected chi connectivity index (χ1v) is 4.61. The van der Waals surface area contributed by atoms with E-state index in [9.17, 15) is 0 Å². The fourth-order valence-electron chi connectivity index (χ4n) is 0.931. The van der Waals surface area contributed by atoms with Gasteiger partial charge in [-0.3, -0.25) is 0 Å². The van der Waals surface area contributed by atoms with Crippen molar-refractivity contribution >= 4 is 17.2 Å². The molecule has 0 atom stereocenters. The Labute approximate surface area is 82.4 Å². The molecule has 2 heterocycles. The maximum atomic E-state index is 5.80. The molecule has 0 aliphatic rings. The van der Waals surface area contributed by atoms with Crippen molar-refractivity contribution in [2.75, 3.05) is 0 Å². The Bertz CT molecular complexity index is 395. The number of nitrogens with zero attached hydrogens (tertiary/aromatic N) is 3. The molecule has 0 fully saturated rings. The van der Waals surface area contributed by atoms with Gasteiger partial charge in [0.05, 0.1) is 6.20 Å². The van der Waals surface area contributed by atoms with E-state index in [2.05, 4.69) is 10.1 Å². The second kappa shape index (κ2) is 4.23. The molecule has 4 heteroatoms. The molecule has 0 saturated heterocycles. The van der Waals surface area contributed by atoms with E-state index in [1.807, 2.05) is 33.0 Å². The fraction of sp³-hybridized carbons (Fsp3) is 0.333. The van der Waals surface area contributed by atoms with E-state index in [1.54, 1.807) is 10.7 Å². The molecular weight excluding hydrogens is 186 g/mol. The highest BCUT2D eigenvalue weighted by molar-refractivity contribution is 6.33. The monoisotopic (exact) mass is 197 g/mol. The number of rotatable bonds is 0. The fourth-order valence-corrected chi connectivity index (χ4v) is 1.10. The number of aromatic nitrogens is 3. The van der Waals surface area contributed by atoms with Gasteiger partial charge in [0.25, 0.3) is 0 Å². The van der Waals surface area contributed by atoms with Crippen molar-refractivity contribution < 1.29 is 0 Å². The third-order valence-electron chi connectivity index (χ3n) is 1.47.